The van der Waals surface area contributed by atoms with E-state index in [2.05, 4.69) is 10.1 Å². The maximum atomic E-state index is 8.36. The van der Waals surface area contributed by atoms with Crippen LogP contribution in [0.4, 0.5) is 0 Å². The van der Waals surface area contributed by atoms with Gasteiger partial charge in [-0.15, -0.1) is 0 Å². The third-order valence-corrected chi connectivity index (χ3v) is 1.62. The van der Waals surface area contributed by atoms with E-state index in [1.165, 1.54) is 0 Å². The van der Waals surface area contributed by atoms with Gasteiger partial charge in [0.15, 0.2) is 0 Å². The summed E-state index contributed by atoms with van der Waals surface area (Å²) in [6.45, 7) is 0.288. The van der Waals surface area contributed by atoms with Gasteiger partial charge in [-0.3, -0.25) is 5.21 Å². The Morgan fingerprint density at radius 1 is 1.86 bits per heavy atom. The summed E-state index contributed by atoms with van der Waals surface area (Å²) in [5.41, 5.74) is 7.66. The van der Waals surface area contributed by atoms with Gasteiger partial charge in [0, 0.05) is 13.1 Å². The topological polar surface area (TPSA) is 97.7 Å². The van der Waals surface area contributed by atoms with Crippen LogP contribution in [0.3, 0.4) is 0 Å². The van der Waals surface area contributed by atoms with Crippen molar-refractivity contribution in [2.75, 3.05) is 7.11 Å². The van der Waals surface area contributed by atoms with Gasteiger partial charge < -0.3 is 10.5 Å². The number of hydrogen-bond acceptors (Lipinski definition) is 4. The van der Waals surface area contributed by atoms with Crippen LogP contribution in [0.1, 0.15) is 5.69 Å². The van der Waals surface area contributed by atoms with E-state index in [0.717, 1.165) is 0 Å². The Hall–Kier alpha value is -1.76. The molecule has 0 bridgehead atoms. The van der Waals surface area contributed by atoms with E-state index in [-0.39, 0.29) is 12.5 Å². The molecule has 0 aromatic carbocycles. The molecule has 0 saturated carbocycles. The Labute approximate surface area is 81.1 Å². The molecule has 78 valence electrons. The van der Waals surface area contributed by atoms with Gasteiger partial charge >= 0.3 is 0 Å². The number of nitrogens with two attached hydrogens (primary N) is 1. The second-order valence-electron chi connectivity index (χ2n) is 2.61. The number of hydroxylamine groups is 1. The second-order valence-corrected chi connectivity index (χ2v) is 2.61. The SMILES string of the molecule is COc1cc(CN=C(N)NO)nn1C. The summed E-state index contributed by atoms with van der Waals surface area (Å²) in [6, 6.07) is 1.74. The first-order chi connectivity index (χ1) is 6.67. The standard InChI is InChI=1S/C7H13N5O2/c1-12-6(14-2)3-5(10-12)4-9-7(8)11-13/h3,13H,4H2,1-2H3,(H3,8,9,11). The van der Waals surface area contributed by atoms with Gasteiger partial charge in [-0.25, -0.2) is 15.2 Å². The molecule has 0 aliphatic carbocycles. The molecular formula is C7H13N5O2. The van der Waals surface area contributed by atoms with Crippen LogP contribution in [-0.2, 0) is 13.6 Å². The van der Waals surface area contributed by atoms with Gasteiger partial charge in [-0.05, 0) is 0 Å². The highest BCUT2D eigenvalue weighted by atomic mass is 16.5. The molecule has 0 atom stereocenters. The summed E-state index contributed by atoms with van der Waals surface area (Å²) in [4.78, 5) is 3.80. The van der Waals surface area contributed by atoms with Crippen molar-refractivity contribution in [2.45, 2.75) is 6.54 Å². The fraction of sp³-hybridized carbons (Fsp3) is 0.429. The average molecular weight is 199 g/mol. The van der Waals surface area contributed by atoms with E-state index in [9.17, 15) is 0 Å². The average Bonchev–Trinajstić information content (AvgIpc) is 2.55. The lowest BCUT2D eigenvalue weighted by molar-refractivity contribution is 0.232. The first kappa shape index (κ1) is 10.3. The summed E-state index contributed by atoms with van der Waals surface area (Å²) in [5, 5.41) is 12.5. The summed E-state index contributed by atoms with van der Waals surface area (Å²) >= 11 is 0. The molecule has 1 aromatic heterocycles. The van der Waals surface area contributed by atoms with Crippen molar-refractivity contribution in [3.63, 3.8) is 0 Å². The molecule has 7 heteroatoms. The van der Waals surface area contributed by atoms with Crippen molar-refractivity contribution in [3.8, 4) is 5.88 Å². The van der Waals surface area contributed by atoms with Crippen LogP contribution in [0.15, 0.2) is 11.1 Å². The summed E-state index contributed by atoms with van der Waals surface area (Å²) in [7, 11) is 3.33. The fourth-order valence-corrected chi connectivity index (χ4v) is 0.977. The number of aromatic nitrogens is 2. The monoisotopic (exact) mass is 199 g/mol. The molecule has 0 fully saturated rings. The molecule has 0 unspecified atom stereocenters. The van der Waals surface area contributed by atoms with Gasteiger partial charge in [-0.2, -0.15) is 5.10 Å². The highest BCUT2D eigenvalue weighted by Crippen LogP contribution is 2.11. The molecule has 4 N–H and O–H groups in total. The van der Waals surface area contributed by atoms with Crippen molar-refractivity contribution in [2.24, 2.45) is 17.8 Å². The number of rotatable bonds is 3. The van der Waals surface area contributed by atoms with E-state index in [1.54, 1.807) is 30.4 Å². The molecule has 1 rings (SSSR count). The van der Waals surface area contributed by atoms with Gasteiger partial charge in [0.05, 0.1) is 19.3 Å². The van der Waals surface area contributed by atoms with E-state index in [0.29, 0.717) is 11.6 Å². The molecule has 7 nitrogen and oxygen atoms in total. The lowest BCUT2D eigenvalue weighted by Gasteiger charge is -1.95. The van der Waals surface area contributed by atoms with Gasteiger partial charge in [0.2, 0.25) is 11.8 Å². The number of nitrogens with one attached hydrogen (secondary N) is 1. The quantitative estimate of drug-likeness (QED) is 0.337. The molecule has 0 aliphatic heterocycles. The lowest BCUT2D eigenvalue weighted by atomic mass is 10.4. The van der Waals surface area contributed by atoms with Crippen LogP contribution in [0, 0.1) is 0 Å². The summed E-state index contributed by atoms with van der Waals surface area (Å²) in [6.07, 6.45) is 0. The number of aliphatic imine (C=N–C) groups is 1. The maximum Gasteiger partial charge on any atom is 0.213 e. The lowest BCUT2D eigenvalue weighted by Crippen LogP contribution is -2.28. The first-order valence-electron chi connectivity index (χ1n) is 3.94. The zero-order valence-electron chi connectivity index (χ0n) is 8.06. The minimum Gasteiger partial charge on any atom is -0.481 e. The van der Waals surface area contributed by atoms with E-state index in [1.807, 2.05) is 0 Å². The number of methoxy groups -OCH3 is 1. The molecule has 0 radical (unpaired) electrons. The molecule has 1 heterocycles. The van der Waals surface area contributed by atoms with Crippen molar-refractivity contribution >= 4 is 5.96 Å². The molecule has 0 aliphatic rings. The minimum atomic E-state index is -0.0466. The third-order valence-electron chi connectivity index (χ3n) is 1.62. The summed E-state index contributed by atoms with van der Waals surface area (Å²) < 4.78 is 6.61. The highest BCUT2D eigenvalue weighted by molar-refractivity contribution is 5.76. The van der Waals surface area contributed by atoms with Gasteiger partial charge in [-0.1, -0.05) is 0 Å². The first-order valence-corrected chi connectivity index (χ1v) is 3.94. The molecule has 14 heavy (non-hydrogen) atoms. The number of nitrogens with zero attached hydrogens (tertiary/aromatic N) is 3. The molecular weight excluding hydrogens is 186 g/mol. The molecule has 0 saturated heterocycles. The maximum absolute atomic E-state index is 8.36. The minimum absolute atomic E-state index is 0.0466. The largest absolute Gasteiger partial charge is 0.481 e. The normalized spacial score (nSPS) is 11.5. The van der Waals surface area contributed by atoms with E-state index in [4.69, 9.17) is 15.7 Å². The van der Waals surface area contributed by atoms with E-state index >= 15 is 0 Å². The Morgan fingerprint density at radius 2 is 2.57 bits per heavy atom. The van der Waals surface area contributed by atoms with Crippen molar-refractivity contribution in [1.82, 2.24) is 15.3 Å². The van der Waals surface area contributed by atoms with Crippen LogP contribution < -0.4 is 16.0 Å². The Kier molecular flexibility index (Phi) is 3.29. The van der Waals surface area contributed by atoms with Gasteiger partial charge in [0.1, 0.15) is 0 Å². The molecule has 1 aromatic rings. The number of ether oxygens (including phenoxy) is 1. The Bertz CT molecular complexity index is 333. The number of hydrogen-bond donors (Lipinski definition) is 3. The van der Waals surface area contributed by atoms with Crippen LogP contribution in [0.2, 0.25) is 0 Å². The third kappa shape index (κ3) is 2.36. The van der Waals surface area contributed by atoms with Crippen LogP contribution in [-0.4, -0.2) is 28.1 Å². The van der Waals surface area contributed by atoms with Gasteiger partial charge in [0.25, 0.3) is 0 Å². The zero-order chi connectivity index (χ0) is 10.6. The fourth-order valence-electron chi connectivity index (χ4n) is 0.977. The molecule has 0 amide bonds. The molecule has 0 spiro atoms. The van der Waals surface area contributed by atoms with Crippen molar-refractivity contribution < 1.29 is 9.94 Å². The van der Waals surface area contributed by atoms with E-state index < -0.39 is 0 Å². The predicted molar refractivity (Wildman–Crippen MR) is 50.0 cm³/mol. The Balaban J connectivity index is 2.68. The Morgan fingerprint density at radius 3 is 3.07 bits per heavy atom. The van der Waals surface area contributed by atoms with Crippen molar-refractivity contribution in [3.05, 3.63) is 11.8 Å². The van der Waals surface area contributed by atoms with Crippen LogP contribution in [0.5, 0.6) is 5.88 Å². The number of aryl methyl sites for hydroxylation is 1. The van der Waals surface area contributed by atoms with Crippen LogP contribution in [0.25, 0.3) is 0 Å². The smallest absolute Gasteiger partial charge is 0.213 e. The number of guanidine groups is 1. The second kappa shape index (κ2) is 4.47. The van der Waals surface area contributed by atoms with Crippen molar-refractivity contribution in [1.29, 1.82) is 0 Å². The zero-order valence-corrected chi connectivity index (χ0v) is 8.06. The summed E-state index contributed by atoms with van der Waals surface area (Å²) in [5.74, 6) is 0.598. The predicted octanol–water partition coefficient (Wildman–Crippen LogP) is -0.778. The van der Waals surface area contributed by atoms with Crippen LogP contribution >= 0.6 is 0 Å². The highest BCUT2D eigenvalue weighted by Gasteiger charge is 2.03.